The molecule has 0 atom stereocenters. The molecule has 1 radical (unpaired) electrons. The third-order valence-corrected chi connectivity index (χ3v) is 0. The first-order valence-electron chi connectivity index (χ1n) is 0.690. The minimum atomic E-state index is -3.17. The minimum absolute atomic E-state index is 0. The fourth-order valence-corrected chi connectivity index (χ4v) is 0. The summed E-state index contributed by atoms with van der Waals surface area (Å²) in [5.74, 6) is 0. The van der Waals surface area contributed by atoms with Gasteiger partial charge in [-0.3, -0.25) is 0 Å². The Hall–Kier alpha value is 0.655. The SMILES string of the molecule is [Ag+2].[O-]B([O-])F. The fourth-order valence-electron chi connectivity index (χ4n) is 0. The van der Waals surface area contributed by atoms with Gasteiger partial charge in [0, 0.05) is 0 Å². The molecular weight excluding hydrogens is 170 g/mol. The number of rotatable bonds is 0. The first-order valence-corrected chi connectivity index (χ1v) is 0.690. The molecule has 0 aliphatic heterocycles. The molecule has 0 aliphatic carbocycles. The molecule has 0 aromatic heterocycles. The van der Waals surface area contributed by atoms with Crippen LogP contribution in [0.5, 0.6) is 0 Å². The predicted molar refractivity (Wildman–Crippen MR) is 6.86 cm³/mol. The summed E-state index contributed by atoms with van der Waals surface area (Å²) in [6.45, 7) is 0. The molecule has 5 heteroatoms. The van der Waals surface area contributed by atoms with Crippen molar-refractivity contribution in [1.82, 2.24) is 0 Å². The van der Waals surface area contributed by atoms with Crippen molar-refractivity contribution in [1.29, 1.82) is 0 Å². The molecule has 0 bridgehead atoms. The maximum absolute atomic E-state index is 9.89. The molecule has 0 aromatic rings. The van der Waals surface area contributed by atoms with Crippen LogP contribution < -0.4 is 10.0 Å². The zero-order chi connectivity index (χ0) is 3.58. The van der Waals surface area contributed by atoms with Crippen LogP contribution in [0.25, 0.3) is 0 Å². The molecular formula is AgBFO2. The molecule has 0 amide bonds. The predicted octanol–water partition coefficient (Wildman–Crippen LogP) is -2.34. The quantitative estimate of drug-likeness (QED) is 0.382. The normalized spacial score (nSPS) is 5.40. The molecule has 0 heterocycles. The minimum Gasteiger partial charge on any atom is -0.867 e. The summed E-state index contributed by atoms with van der Waals surface area (Å²) in [6, 6.07) is 0. The first kappa shape index (κ1) is 9.17. The van der Waals surface area contributed by atoms with Gasteiger partial charge in [-0.15, -0.1) is 0 Å². The summed E-state index contributed by atoms with van der Waals surface area (Å²) in [5.41, 5.74) is 0. The van der Waals surface area contributed by atoms with Crippen molar-refractivity contribution < 1.29 is 36.7 Å². The van der Waals surface area contributed by atoms with Gasteiger partial charge >= 0.3 is 22.4 Å². The van der Waals surface area contributed by atoms with E-state index in [0.29, 0.717) is 0 Å². The maximum atomic E-state index is 9.89. The Morgan fingerprint density at radius 3 is 1.40 bits per heavy atom. The van der Waals surface area contributed by atoms with Gasteiger partial charge in [0.2, 0.25) is 0 Å². The van der Waals surface area contributed by atoms with E-state index in [0.717, 1.165) is 0 Å². The van der Waals surface area contributed by atoms with Crippen molar-refractivity contribution >= 4 is 7.40 Å². The molecule has 0 saturated heterocycles. The summed E-state index contributed by atoms with van der Waals surface area (Å²) in [4.78, 5) is 0. The maximum Gasteiger partial charge on any atom is 2.00 e. The molecule has 0 N–H and O–H groups in total. The zero-order valence-electron chi connectivity index (χ0n) is 2.07. The second-order valence-electron chi connectivity index (χ2n) is 0.274. The Labute approximate surface area is 44.7 Å². The van der Waals surface area contributed by atoms with E-state index in [4.69, 9.17) is 10.0 Å². The van der Waals surface area contributed by atoms with Gasteiger partial charge in [0.25, 0.3) is 0 Å². The summed E-state index contributed by atoms with van der Waals surface area (Å²) < 4.78 is 9.89. The van der Waals surface area contributed by atoms with Crippen molar-refractivity contribution in [3.63, 3.8) is 0 Å². The summed E-state index contributed by atoms with van der Waals surface area (Å²) in [7, 11) is -3.17. The van der Waals surface area contributed by atoms with Crippen LogP contribution in [0.4, 0.5) is 4.32 Å². The second kappa shape index (κ2) is 4.66. The first-order chi connectivity index (χ1) is 1.73. The van der Waals surface area contributed by atoms with Gasteiger partial charge < -0.3 is 14.4 Å². The largest absolute Gasteiger partial charge is 2.00 e. The van der Waals surface area contributed by atoms with Gasteiger partial charge in [-0.05, 0) is 0 Å². The van der Waals surface area contributed by atoms with Gasteiger partial charge in [0.1, 0.15) is 7.40 Å². The molecule has 0 rings (SSSR count). The van der Waals surface area contributed by atoms with E-state index < -0.39 is 7.40 Å². The van der Waals surface area contributed by atoms with Crippen molar-refractivity contribution in [3.8, 4) is 0 Å². The second-order valence-corrected chi connectivity index (χ2v) is 0.274. The van der Waals surface area contributed by atoms with E-state index in [-0.39, 0.29) is 22.4 Å². The van der Waals surface area contributed by atoms with Gasteiger partial charge in [-0.2, -0.15) is 0 Å². The molecule has 0 fully saturated rings. The van der Waals surface area contributed by atoms with Gasteiger partial charge in [-0.1, -0.05) is 0 Å². The smallest absolute Gasteiger partial charge is 0.867 e. The van der Waals surface area contributed by atoms with Gasteiger partial charge in [0.15, 0.2) is 0 Å². The van der Waals surface area contributed by atoms with E-state index in [2.05, 4.69) is 0 Å². The van der Waals surface area contributed by atoms with E-state index >= 15 is 0 Å². The Morgan fingerprint density at radius 2 is 1.40 bits per heavy atom. The Morgan fingerprint density at radius 1 is 1.40 bits per heavy atom. The van der Waals surface area contributed by atoms with Crippen LogP contribution >= 0.6 is 0 Å². The topological polar surface area (TPSA) is 46.1 Å². The molecule has 0 unspecified atom stereocenters. The van der Waals surface area contributed by atoms with Crippen LogP contribution in [0.1, 0.15) is 0 Å². The molecule has 5 heavy (non-hydrogen) atoms. The summed E-state index contributed by atoms with van der Waals surface area (Å²) in [6.07, 6.45) is 0. The van der Waals surface area contributed by atoms with Crippen LogP contribution in [-0.2, 0) is 22.4 Å². The number of hydrogen-bond donors (Lipinski definition) is 0. The van der Waals surface area contributed by atoms with E-state index in [1.165, 1.54) is 0 Å². The molecule has 2 nitrogen and oxygen atoms in total. The third-order valence-electron chi connectivity index (χ3n) is 0. The van der Waals surface area contributed by atoms with Crippen LogP contribution in [0.3, 0.4) is 0 Å². The third kappa shape index (κ3) is 76.5. The number of hydrogen-bond acceptors (Lipinski definition) is 2. The van der Waals surface area contributed by atoms with Crippen molar-refractivity contribution in [2.45, 2.75) is 0 Å². The van der Waals surface area contributed by atoms with E-state index in [1.54, 1.807) is 0 Å². The molecule has 0 saturated carbocycles. The van der Waals surface area contributed by atoms with Crippen LogP contribution in [0.2, 0.25) is 0 Å². The van der Waals surface area contributed by atoms with Crippen molar-refractivity contribution in [2.24, 2.45) is 0 Å². The van der Waals surface area contributed by atoms with Crippen LogP contribution in [0.15, 0.2) is 0 Å². The van der Waals surface area contributed by atoms with E-state index in [9.17, 15) is 4.32 Å². The van der Waals surface area contributed by atoms with Crippen LogP contribution in [-0.4, -0.2) is 7.40 Å². The molecule has 0 aliphatic rings. The molecule has 0 aromatic carbocycles. The van der Waals surface area contributed by atoms with Crippen LogP contribution in [0, 0.1) is 0 Å². The zero-order valence-corrected chi connectivity index (χ0v) is 3.56. The Balaban J connectivity index is 0. The van der Waals surface area contributed by atoms with Crippen molar-refractivity contribution in [2.75, 3.05) is 0 Å². The van der Waals surface area contributed by atoms with Gasteiger partial charge in [0.05, 0.1) is 0 Å². The Kier molecular flexibility index (Phi) is 8.54. The average molecular weight is 170 g/mol. The van der Waals surface area contributed by atoms with E-state index in [1.807, 2.05) is 0 Å². The fraction of sp³-hybridized carbons (Fsp3) is 0. The summed E-state index contributed by atoms with van der Waals surface area (Å²) >= 11 is 0. The molecule has 33 valence electrons. The number of halogens is 1. The Bertz CT molecular complexity index is 14.4. The van der Waals surface area contributed by atoms with Crippen molar-refractivity contribution in [3.05, 3.63) is 0 Å². The average Bonchev–Trinajstić information content (AvgIpc) is 0.811. The monoisotopic (exact) mass is 169 g/mol. The molecule has 0 spiro atoms. The van der Waals surface area contributed by atoms with Gasteiger partial charge in [-0.25, -0.2) is 0 Å². The standard InChI is InChI=1S/Ag.BFO2/c;2-1(3)4/q+2;-2. The summed E-state index contributed by atoms with van der Waals surface area (Å²) in [5, 5.41) is 16.6.